The van der Waals surface area contributed by atoms with Crippen LogP contribution in [0.1, 0.15) is 0 Å². The summed E-state index contributed by atoms with van der Waals surface area (Å²) < 4.78 is 0. The minimum absolute atomic E-state index is 0. The zero-order chi connectivity index (χ0) is 0. The molecule has 0 aliphatic rings. The Hall–Kier alpha value is 6.33. The van der Waals surface area contributed by atoms with E-state index in [9.17, 15) is 0 Å². The second-order valence-corrected chi connectivity index (χ2v) is 0. The third kappa shape index (κ3) is 95.7. The first-order valence-corrected chi connectivity index (χ1v) is 0. The van der Waals surface area contributed by atoms with Crippen molar-refractivity contribution >= 4 is 123 Å². The summed E-state index contributed by atoms with van der Waals surface area (Å²) in [5.74, 6) is 0. The molecule has 0 saturated carbocycles. The Bertz CT molecular complexity index is 11.8. The molecule has 0 aromatic carbocycles. The van der Waals surface area contributed by atoms with Crippen molar-refractivity contribution in [1.82, 2.24) is 0 Å². The molecule has 0 fully saturated rings. The molecule has 0 saturated heterocycles. The second-order valence-electron chi connectivity index (χ2n) is 0. The number of rotatable bonds is 0. The molecule has 12 heavy (non-hydrogen) atoms. The summed E-state index contributed by atoms with van der Waals surface area (Å²) in [5.41, 5.74) is 0. The average Bonchev–Trinajstić information content (AvgIpc) is 0. The Morgan fingerprint density at radius 2 is 0.167 bits per heavy atom. The van der Waals surface area contributed by atoms with Crippen molar-refractivity contribution in [2.45, 2.75) is 0 Å². The molecule has 0 aromatic rings. The number of hydrogen-bond acceptors (Lipinski definition) is 0. The average molecular weight is 831 g/mol. The monoisotopic (exact) mass is 840 g/mol. The summed E-state index contributed by atoms with van der Waals surface area (Å²) in [6, 6.07) is 0. The molecule has 0 aliphatic carbocycles. The molecule has 0 heterocycles. The molecule has 101 valence electrons. The summed E-state index contributed by atoms with van der Waals surface area (Å²) in [6.45, 7) is 0. The Morgan fingerprint density at radius 3 is 0.167 bits per heavy atom. The van der Waals surface area contributed by atoms with E-state index in [-0.39, 0.29) is 207 Å². The summed E-state index contributed by atoms with van der Waals surface area (Å²) >= 11 is 0. The second kappa shape index (κ2) is 115. The molecule has 5 radical (unpaired) electrons. The Kier molecular flexibility index (Phi) is 1320. The fourth-order valence-corrected chi connectivity index (χ4v) is 0. The van der Waals surface area contributed by atoms with Gasteiger partial charge in [0.2, 0.25) is 0 Å². The molecule has 0 spiro atoms. The van der Waals surface area contributed by atoms with E-state index >= 15 is 0 Å². The van der Waals surface area contributed by atoms with Crippen LogP contribution in [0, 0.1) is 0 Å². The fraction of sp³-hybridized carbons (Fsp3) is 0. The first-order valence-electron chi connectivity index (χ1n) is 0. The molecule has 0 atom stereocenters. The van der Waals surface area contributed by atoms with Gasteiger partial charge in [-0.25, -0.2) is 0 Å². The van der Waals surface area contributed by atoms with Gasteiger partial charge in [0, 0.05) is 83.9 Å². The number of hydrogen-bond donors (Lipinski definition) is 0. The molecule has 0 bridgehead atoms. The van der Waals surface area contributed by atoms with Crippen LogP contribution in [0.5, 0.6) is 0 Å². The molecule has 12 heteroatoms. The molecular formula is H28Co5Ge7. The van der Waals surface area contributed by atoms with E-state index in [4.69, 9.17) is 0 Å². The molecule has 0 aromatic heterocycles. The van der Waals surface area contributed by atoms with Gasteiger partial charge in [-0.2, -0.15) is 0 Å². The van der Waals surface area contributed by atoms with Gasteiger partial charge in [0.05, 0.1) is 0 Å². The van der Waals surface area contributed by atoms with Gasteiger partial charge >= 0.3 is 123 Å². The van der Waals surface area contributed by atoms with Crippen molar-refractivity contribution in [3.8, 4) is 0 Å². The molecular weight excluding hydrogens is 803 g/mol. The van der Waals surface area contributed by atoms with Crippen LogP contribution < -0.4 is 0 Å². The van der Waals surface area contributed by atoms with Crippen LogP contribution in [0.15, 0.2) is 0 Å². The van der Waals surface area contributed by atoms with E-state index < -0.39 is 0 Å². The van der Waals surface area contributed by atoms with Gasteiger partial charge in [-0.15, -0.1) is 0 Å². The third-order valence-electron chi connectivity index (χ3n) is 0. The van der Waals surface area contributed by atoms with Crippen molar-refractivity contribution < 1.29 is 83.9 Å². The van der Waals surface area contributed by atoms with Crippen molar-refractivity contribution in [2.24, 2.45) is 0 Å². The van der Waals surface area contributed by atoms with Crippen molar-refractivity contribution in [3.63, 3.8) is 0 Å². The van der Waals surface area contributed by atoms with Crippen LogP contribution in [0.2, 0.25) is 0 Å². The topological polar surface area (TPSA) is 0 Å². The van der Waals surface area contributed by atoms with E-state index in [0.29, 0.717) is 0 Å². The molecule has 0 aliphatic heterocycles. The van der Waals surface area contributed by atoms with E-state index in [0.717, 1.165) is 0 Å². The van der Waals surface area contributed by atoms with Crippen LogP contribution >= 0.6 is 0 Å². The van der Waals surface area contributed by atoms with Crippen LogP contribution in [-0.4, -0.2) is 123 Å². The molecule has 0 nitrogen and oxygen atoms in total. The summed E-state index contributed by atoms with van der Waals surface area (Å²) in [7, 11) is 0. The van der Waals surface area contributed by atoms with Gasteiger partial charge in [-0.1, -0.05) is 0 Å². The molecule has 0 rings (SSSR count). The molecule has 0 unspecified atom stereocenters. The van der Waals surface area contributed by atoms with E-state index in [1.165, 1.54) is 0 Å². The normalized spacial score (nSPS) is 0. The van der Waals surface area contributed by atoms with Crippen LogP contribution in [0.3, 0.4) is 0 Å². The standard InChI is InChI=1S/5Co.7GeH4/h;;;;;7*1H4. The zero-order valence-electron chi connectivity index (χ0n) is 1.67. The summed E-state index contributed by atoms with van der Waals surface area (Å²) in [5, 5.41) is 0. The Balaban J connectivity index is 0. The van der Waals surface area contributed by atoms with Crippen molar-refractivity contribution in [2.75, 3.05) is 0 Å². The van der Waals surface area contributed by atoms with E-state index in [1.54, 1.807) is 0 Å². The molecule has 0 amide bonds. The van der Waals surface area contributed by atoms with Crippen molar-refractivity contribution in [3.05, 3.63) is 0 Å². The maximum absolute atomic E-state index is 0. The van der Waals surface area contributed by atoms with Gasteiger partial charge in [0.15, 0.2) is 0 Å². The van der Waals surface area contributed by atoms with Crippen LogP contribution in [-0.2, 0) is 83.9 Å². The first-order chi connectivity index (χ1) is 0. The Labute approximate surface area is 203 Å². The SMILES string of the molecule is [Co].[Co].[Co].[Co].[Co].[GeH4].[GeH4].[GeH4].[GeH4].[GeH4].[GeH4].[GeH4]. The van der Waals surface area contributed by atoms with Crippen LogP contribution in [0.4, 0.5) is 0 Å². The van der Waals surface area contributed by atoms with Gasteiger partial charge in [-0.3, -0.25) is 0 Å². The third-order valence-corrected chi connectivity index (χ3v) is 0. The summed E-state index contributed by atoms with van der Waals surface area (Å²) in [4.78, 5) is 0. The molecule has 0 N–H and O–H groups in total. The quantitative estimate of drug-likeness (QED) is 0.213. The van der Waals surface area contributed by atoms with Gasteiger partial charge in [0.1, 0.15) is 0 Å². The van der Waals surface area contributed by atoms with Gasteiger partial charge in [-0.05, 0) is 0 Å². The van der Waals surface area contributed by atoms with Crippen molar-refractivity contribution in [1.29, 1.82) is 0 Å². The Morgan fingerprint density at radius 1 is 0.167 bits per heavy atom. The fourth-order valence-electron chi connectivity index (χ4n) is 0. The first kappa shape index (κ1) is 137. The van der Waals surface area contributed by atoms with E-state index in [2.05, 4.69) is 0 Å². The van der Waals surface area contributed by atoms with Crippen LogP contribution in [0.25, 0.3) is 0 Å². The predicted octanol–water partition coefficient (Wildman–Crippen LogP) is -10.2. The van der Waals surface area contributed by atoms with E-state index in [1.807, 2.05) is 0 Å². The zero-order valence-corrected chi connectivity index (χ0v) is 6.87. The predicted molar refractivity (Wildman–Crippen MR) is 79.3 cm³/mol. The van der Waals surface area contributed by atoms with Gasteiger partial charge in [0.25, 0.3) is 0 Å². The summed E-state index contributed by atoms with van der Waals surface area (Å²) in [6.07, 6.45) is 0. The minimum atomic E-state index is 0. The maximum atomic E-state index is 0. The van der Waals surface area contributed by atoms with Gasteiger partial charge < -0.3 is 0 Å².